The molecule has 1 N–H and O–H groups in total. The van der Waals surface area contributed by atoms with E-state index in [1.54, 1.807) is 0 Å². The predicted octanol–water partition coefficient (Wildman–Crippen LogP) is 2.81. The summed E-state index contributed by atoms with van der Waals surface area (Å²) in [6.45, 7) is 15.2. The molecule has 1 fully saturated rings. The molecule has 1 aliphatic rings. The molecule has 1 heterocycles. The largest absolute Gasteiger partial charge is 0.310 e. The molecule has 0 bridgehead atoms. The Morgan fingerprint density at radius 1 is 1.44 bits per heavy atom. The van der Waals surface area contributed by atoms with Crippen molar-refractivity contribution in [1.29, 1.82) is 0 Å². The summed E-state index contributed by atoms with van der Waals surface area (Å²) in [5.41, 5.74) is 1.66. The normalized spacial score (nSPS) is 25.2. The SMILES string of the molecule is C=C(C)CN(CC)CC1(CCC)CCCN1. The summed E-state index contributed by atoms with van der Waals surface area (Å²) in [6.07, 6.45) is 5.26. The Labute approximate surface area is 101 Å². The van der Waals surface area contributed by atoms with Crippen LogP contribution in [0.25, 0.3) is 0 Å². The van der Waals surface area contributed by atoms with E-state index in [2.05, 4.69) is 37.6 Å². The third-order valence-electron chi connectivity index (χ3n) is 3.53. The van der Waals surface area contributed by atoms with Gasteiger partial charge in [-0.3, -0.25) is 4.90 Å². The van der Waals surface area contributed by atoms with Gasteiger partial charge in [-0.1, -0.05) is 32.4 Å². The van der Waals surface area contributed by atoms with Crippen LogP contribution in [0.15, 0.2) is 12.2 Å². The van der Waals surface area contributed by atoms with Crippen molar-refractivity contribution in [3.05, 3.63) is 12.2 Å². The molecule has 0 radical (unpaired) electrons. The van der Waals surface area contributed by atoms with Gasteiger partial charge in [-0.05, 0) is 39.3 Å². The number of hydrogen-bond acceptors (Lipinski definition) is 2. The molecular weight excluding hydrogens is 196 g/mol. The third kappa shape index (κ3) is 3.91. The Bertz CT molecular complexity index is 217. The second-order valence-corrected chi connectivity index (χ2v) is 5.32. The molecule has 94 valence electrons. The highest BCUT2D eigenvalue weighted by Gasteiger charge is 2.33. The lowest BCUT2D eigenvalue weighted by atomic mass is 9.91. The zero-order chi connectivity index (χ0) is 12.0. The molecule has 0 aromatic heterocycles. The van der Waals surface area contributed by atoms with Gasteiger partial charge in [-0.2, -0.15) is 0 Å². The second-order valence-electron chi connectivity index (χ2n) is 5.32. The van der Waals surface area contributed by atoms with Gasteiger partial charge in [0.25, 0.3) is 0 Å². The lowest BCUT2D eigenvalue weighted by molar-refractivity contribution is 0.201. The second kappa shape index (κ2) is 6.41. The van der Waals surface area contributed by atoms with Gasteiger partial charge in [-0.25, -0.2) is 0 Å². The number of nitrogens with zero attached hydrogens (tertiary/aromatic N) is 1. The van der Waals surface area contributed by atoms with Crippen LogP contribution in [0.1, 0.15) is 46.5 Å². The molecule has 2 nitrogen and oxygen atoms in total. The quantitative estimate of drug-likeness (QED) is 0.669. The van der Waals surface area contributed by atoms with Crippen LogP contribution in [0.5, 0.6) is 0 Å². The topological polar surface area (TPSA) is 15.3 Å². The minimum absolute atomic E-state index is 0.389. The van der Waals surface area contributed by atoms with Crippen LogP contribution >= 0.6 is 0 Å². The maximum Gasteiger partial charge on any atom is 0.0309 e. The summed E-state index contributed by atoms with van der Waals surface area (Å²) in [5, 5.41) is 3.74. The predicted molar refractivity (Wildman–Crippen MR) is 71.8 cm³/mol. The molecule has 0 spiro atoms. The smallest absolute Gasteiger partial charge is 0.0309 e. The Morgan fingerprint density at radius 2 is 2.19 bits per heavy atom. The van der Waals surface area contributed by atoms with Crippen LogP contribution in [0.2, 0.25) is 0 Å². The molecule has 0 aliphatic carbocycles. The van der Waals surface area contributed by atoms with Gasteiger partial charge in [0.15, 0.2) is 0 Å². The molecule has 1 atom stereocenters. The maximum absolute atomic E-state index is 4.02. The molecule has 0 aromatic carbocycles. The molecule has 1 aliphatic heterocycles. The van der Waals surface area contributed by atoms with E-state index in [-0.39, 0.29) is 0 Å². The molecule has 1 saturated heterocycles. The van der Waals surface area contributed by atoms with Gasteiger partial charge >= 0.3 is 0 Å². The number of nitrogens with one attached hydrogen (secondary N) is 1. The van der Waals surface area contributed by atoms with Crippen molar-refractivity contribution < 1.29 is 0 Å². The fourth-order valence-electron chi connectivity index (χ4n) is 2.86. The zero-order valence-corrected chi connectivity index (χ0v) is 11.3. The molecular formula is C14H28N2. The Morgan fingerprint density at radius 3 is 2.62 bits per heavy atom. The lowest BCUT2D eigenvalue weighted by Gasteiger charge is -2.35. The standard InChI is InChI=1S/C14H28N2/c1-5-8-14(9-7-10-15-14)12-16(6-2)11-13(3)4/h15H,3,5-12H2,1-2,4H3. The van der Waals surface area contributed by atoms with Crippen molar-refractivity contribution in [3.63, 3.8) is 0 Å². The summed E-state index contributed by atoms with van der Waals surface area (Å²) in [5.74, 6) is 0. The Hall–Kier alpha value is -0.340. The summed E-state index contributed by atoms with van der Waals surface area (Å²) in [4.78, 5) is 2.52. The van der Waals surface area contributed by atoms with E-state index < -0.39 is 0 Å². The van der Waals surface area contributed by atoms with E-state index in [4.69, 9.17) is 0 Å². The van der Waals surface area contributed by atoms with Crippen LogP contribution in [0.4, 0.5) is 0 Å². The van der Waals surface area contributed by atoms with Gasteiger partial charge in [-0.15, -0.1) is 0 Å². The molecule has 1 unspecified atom stereocenters. The average molecular weight is 224 g/mol. The average Bonchev–Trinajstić information content (AvgIpc) is 2.65. The van der Waals surface area contributed by atoms with Crippen molar-refractivity contribution in [2.45, 2.75) is 52.0 Å². The van der Waals surface area contributed by atoms with Gasteiger partial charge in [0.1, 0.15) is 0 Å². The fourth-order valence-corrected chi connectivity index (χ4v) is 2.86. The van der Waals surface area contributed by atoms with Crippen LogP contribution in [-0.4, -0.2) is 36.6 Å². The minimum atomic E-state index is 0.389. The molecule has 1 rings (SSSR count). The highest BCUT2D eigenvalue weighted by Crippen LogP contribution is 2.26. The van der Waals surface area contributed by atoms with Gasteiger partial charge < -0.3 is 5.32 Å². The Balaban J connectivity index is 2.55. The van der Waals surface area contributed by atoms with Gasteiger partial charge in [0, 0.05) is 18.6 Å². The monoisotopic (exact) mass is 224 g/mol. The van der Waals surface area contributed by atoms with Crippen molar-refractivity contribution in [2.24, 2.45) is 0 Å². The summed E-state index contributed by atoms with van der Waals surface area (Å²) >= 11 is 0. The van der Waals surface area contributed by atoms with Crippen molar-refractivity contribution in [1.82, 2.24) is 10.2 Å². The van der Waals surface area contributed by atoms with Crippen LogP contribution in [0, 0.1) is 0 Å². The maximum atomic E-state index is 4.02. The van der Waals surface area contributed by atoms with Gasteiger partial charge in [0.2, 0.25) is 0 Å². The van der Waals surface area contributed by atoms with E-state index in [1.165, 1.54) is 44.3 Å². The van der Waals surface area contributed by atoms with Crippen LogP contribution in [-0.2, 0) is 0 Å². The van der Waals surface area contributed by atoms with E-state index in [1.807, 2.05) is 0 Å². The first kappa shape index (κ1) is 13.7. The highest BCUT2D eigenvalue weighted by atomic mass is 15.2. The molecule has 16 heavy (non-hydrogen) atoms. The lowest BCUT2D eigenvalue weighted by Crippen LogP contribution is -2.50. The van der Waals surface area contributed by atoms with Crippen molar-refractivity contribution >= 4 is 0 Å². The number of hydrogen-bond donors (Lipinski definition) is 1. The third-order valence-corrected chi connectivity index (χ3v) is 3.53. The summed E-state index contributed by atoms with van der Waals surface area (Å²) in [6, 6.07) is 0. The first-order valence-corrected chi connectivity index (χ1v) is 6.73. The highest BCUT2D eigenvalue weighted by molar-refractivity contribution is 4.98. The van der Waals surface area contributed by atoms with Crippen LogP contribution < -0.4 is 5.32 Å². The van der Waals surface area contributed by atoms with E-state index in [0.717, 1.165) is 13.1 Å². The zero-order valence-electron chi connectivity index (χ0n) is 11.3. The number of likely N-dealkylation sites (N-methyl/N-ethyl adjacent to an activating group) is 1. The first-order chi connectivity index (χ1) is 7.62. The molecule has 2 heteroatoms. The van der Waals surface area contributed by atoms with E-state index >= 15 is 0 Å². The van der Waals surface area contributed by atoms with E-state index in [0.29, 0.717) is 5.54 Å². The first-order valence-electron chi connectivity index (χ1n) is 6.73. The Kier molecular flexibility index (Phi) is 5.50. The fraction of sp³-hybridized carbons (Fsp3) is 0.857. The molecule has 0 saturated carbocycles. The molecule has 0 aromatic rings. The van der Waals surface area contributed by atoms with Crippen molar-refractivity contribution in [2.75, 3.05) is 26.2 Å². The van der Waals surface area contributed by atoms with Crippen LogP contribution in [0.3, 0.4) is 0 Å². The van der Waals surface area contributed by atoms with E-state index in [9.17, 15) is 0 Å². The van der Waals surface area contributed by atoms with Gasteiger partial charge in [0.05, 0.1) is 0 Å². The minimum Gasteiger partial charge on any atom is -0.310 e. The van der Waals surface area contributed by atoms with Crippen molar-refractivity contribution in [3.8, 4) is 0 Å². The number of rotatable bonds is 7. The summed E-state index contributed by atoms with van der Waals surface area (Å²) < 4.78 is 0. The molecule has 0 amide bonds. The summed E-state index contributed by atoms with van der Waals surface area (Å²) in [7, 11) is 0.